The van der Waals surface area contributed by atoms with Crippen molar-refractivity contribution in [3.05, 3.63) is 59.7 Å². The van der Waals surface area contributed by atoms with Gasteiger partial charge in [-0.25, -0.2) is 0 Å². The van der Waals surface area contributed by atoms with Crippen LogP contribution in [0.15, 0.2) is 54.8 Å². The van der Waals surface area contributed by atoms with Crippen LogP contribution in [-0.4, -0.2) is 9.78 Å². The smallest absolute Gasteiger partial charge is 0.104 e. The van der Waals surface area contributed by atoms with E-state index in [1.54, 1.807) is 0 Å². The van der Waals surface area contributed by atoms with Gasteiger partial charge in [0.15, 0.2) is 0 Å². The Labute approximate surface area is 154 Å². The second kappa shape index (κ2) is 8.01. The van der Waals surface area contributed by atoms with Gasteiger partial charge in [-0.1, -0.05) is 81.1 Å². The van der Waals surface area contributed by atoms with E-state index in [0.717, 1.165) is 5.52 Å². The third-order valence-corrected chi connectivity index (χ3v) is 6.30. The average molecular weight is 351 g/mol. The summed E-state index contributed by atoms with van der Waals surface area (Å²) in [7, 11) is 0. The number of nitrogens with zero attached hydrogens (tertiary/aromatic N) is 2. The second-order valence-corrected chi connectivity index (χ2v) is 8.16. The van der Waals surface area contributed by atoms with Crippen LogP contribution in [-0.2, 0) is 0 Å². The number of rotatable bonds is 2. The van der Waals surface area contributed by atoms with Gasteiger partial charge in [-0.15, -0.1) is 11.3 Å². The summed E-state index contributed by atoms with van der Waals surface area (Å²) in [4.78, 5) is 1.30. The van der Waals surface area contributed by atoms with Crippen molar-refractivity contribution in [1.29, 1.82) is 0 Å². The average Bonchev–Trinajstić information content (AvgIpc) is 3.16. The fraction of sp³-hybridized carbons (Fsp3) is 0.409. The lowest BCUT2D eigenvalue weighted by Gasteiger charge is -2.16. The Morgan fingerprint density at radius 1 is 0.880 bits per heavy atom. The zero-order valence-corrected chi connectivity index (χ0v) is 15.5. The van der Waals surface area contributed by atoms with Crippen molar-refractivity contribution < 1.29 is 0 Å². The van der Waals surface area contributed by atoms with Gasteiger partial charge in [-0.2, -0.15) is 5.10 Å². The van der Waals surface area contributed by atoms with Gasteiger partial charge in [0, 0.05) is 11.1 Å². The van der Waals surface area contributed by atoms with Crippen LogP contribution in [0.2, 0.25) is 0 Å². The summed E-state index contributed by atoms with van der Waals surface area (Å²) < 4.78 is 3.58. The van der Waals surface area contributed by atoms with Gasteiger partial charge >= 0.3 is 0 Å². The molecule has 1 saturated carbocycles. The highest BCUT2D eigenvalue weighted by Gasteiger charge is 2.16. The van der Waals surface area contributed by atoms with Crippen molar-refractivity contribution in [3.8, 4) is 0 Å². The maximum atomic E-state index is 4.94. The van der Waals surface area contributed by atoms with E-state index in [0.29, 0.717) is 6.04 Å². The molecule has 25 heavy (non-hydrogen) atoms. The van der Waals surface area contributed by atoms with Crippen LogP contribution in [0.4, 0.5) is 0 Å². The lowest BCUT2D eigenvalue weighted by atomic mass is 10.1. The molecule has 2 aromatic heterocycles. The number of thiophene rings is 1. The van der Waals surface area contributed by atoms with Crippen LogP contribution in [0.1, 0.15) is 62.3 Å². The monoisotopic (exact) mass is 350 g/mol. The molecule has 3 heteroatoms. The Balaban J connectivity index is 1.56. The number of hydrogen-bond acceptors (Lipinski definition) is 2. The minimum atomic E-state index is 0.592. The van der Waals surface area contributed by atoms with Crippen LogP contribution < -0.4 is 0 Å². The van der Waals surface area contributed by atoms with Crippen LogP contribution in [0, 0.1) is 0 Å². The maximum Gasteiger partial charge on any atom is 0.104 e. The van der Waals surface area contributed by atoms with Gasteiger partial charge in [0.05, 0.1) is 10.7 Å². The largest absolute Gasteiger partial charge is 0.268 e. The van der Waals surface area contributed by atoms with E-state index in [1.807, 2.05) is 11.3 Å². The fourth-order valence-corrected chi connectivity index (χ4v) is 4.80. The van der Waals surface area contributed by atoms with Gasteiger partial charge in [-0.05, 0) is 24.5 Å². The topological polar surface area (TPSA) is 17.8 Å². The molecule has 130 valence electrons. The summed E-state index contributed by atoms with van der Waals surface area (Å²) in [5.74, 6) is 0. The van der Waals surface area contributed by atoms with Crippen molar-refractivity contribution in [2.45, 2.75) is 57.4 Å². The highest BCUT2D eigenvalue weighted by molar-refractivity contribution is 7.20. The zero-order valence-electron chi connectivity index (χ0n) is 14.7. The molecule has 2 aliphatic carbocycles. The standard InChI is InChI=1S/C22H26N2S/c1-2-7-11-15-19(14-10-6-1)24-17-22-20(23-24)16-21(25-22)18-12-8-4-3-5-9-13-18/h3-5,8-9,12-13,16-17,19H,1-2,6-7,10-11,14-15H2/b4-3?,5-3?,8-4?,9-5?,12-8-,13-9?,18-12?,18-13+. The SMILES string of the molecule is C1=C/C=C\C(c2cc3nn(C4CCCCCCCC4)cc3s2)=C/C=C1. The normalized spacial score (nSPS) is 23.3. The first-order chi connectivity index (χ1) is 12.4. The van der Waals surface area contributed by atoms with E-state index in [-0.39, 0.29) is 0 Å². The molecule has 2 nitrogen and oxygen atoms in total. The minimum Gasteiger partial charge on any atom is -0.268 e. The summed E-state index contributed by atoms with van der Waals surface area (Å²) in [6, 6.07) is 2.84. The van der Waals surface area contributed by atoms with E-state index in [4.69, 9.17) is 5.10 Å². The molecule has 0 amide bonds. The Hall–Kier alpha value is -1.87. The van der Waals surface area contributed by atoms with Gasteiger partial charge in [0.2, 0.25) is 0 Å². The summed E-state index contributed by atoms with van der Waals surface area (Å²) in [5, 5.41) is 4.94. The summed E-state index contributed by atoms with van der Waals surface area (Å²) in [6.45, 7) is 0. The lowest BCUT2D eigenvalue weighted by molar-refractivity contribution is 0.385. The van der Waals surface area contributed by atoms with E-state index >= 15 is 0 Å². The molecule has 0 bridgehead atoms. The summed E-state index contributed by atoms with van der Waals surface area (Å²) >= 11 is 1.86. The molecule has 0 N–H and O–H groups in total. The van der Waals surface area contributed by atoms with E-state index < -0.39 is 0 Å². The van der Waals surface area contributed by atoms with E-state index in [2.05, 4.69) is 59.5 Å². The second-order valence-electron chi connectivity index (χ2n) is 7.07. The number of fused-ring (bicyclic) bond motifs is 1. The minimum absolute atomic E-state index is 0.592. The Morgan fingerprint density at radius 3 is 2.40 bits per heavy atom. The molecule has 0 aliphatic heterocycles. The van der Waals surface area contributed by atoms with Crippen molar-refractivity contribution in [1.82, 2.24) is 9.78 Å². The van der Waals surface area contributed by atoms with Crippen LogP contribution >= 0.6 is 11.3 Å². The van der Waals surface area contributed by atoms with Gasteiger partial charge in [0.25, 0.3) is 0 Å². The first kappa shape index (κ1) is 16.6. The van der Waals surface area contributed by atoms with Gasteiger partial charge in [0.1, 0.15) is 5.52 Å². The Bertz CT molecular complexity index is 790. The highest BCUT2D eigenvalue weighted by atomic mass is 32.1. The molecular formula is C22H26N2S. The fourth-order valence-electron chi connectivity index (χ4n) is 3.78. The molecule has 2 aromatic rings. The number of aromatic nitrogens is 2. The maximum absolute atomic E-state index is 4.94. The molecule has 1 fully saturated rings. The Morgan fingerprint density at radius 2 is 1.60 bits per heavy atom. The van der Waals surface area contributed by atoms with Crippen molar-refractivity contribution in [2.24, 2.45) is 0 Å². The Kier molecular flexibility index (Phi) is 5.31. The quantitative estimate of drug-likeness (QED) is 0.580. The third kappa shape index (κ3) is 4.04. The molecular weight excluding hydrogens is 324 g/mol. The molecule has 0 saturated heterocycles. The molecule has 0 radical (unpaired) electrons. The summed E-state index contributed by atoms with van der Waals surface area (Å²) in [6.07, 6.45) is 27.9. The van der Waals surface area contributed by atoms with E-state index in [9.17, 15) is 0 Å². The molecule has 0 atom stereocenters. The molecule has 0 unspecified atom stereocenters. The highest BCUT2D eigenvalue weighted by Crippen LogP contribution is 2.33. The van der Waals surface area contributed by atoms with Crippen molar-refractivity contribution >= 4 is 27.1 Å². The number of allylic oxidation sites excluding steroid dienone is 8. The van der Waals surface area contributed by atoms with E-state index in [1.165, 1.54) is 66.5 Å². The van der Waals surface area contributed by atoms with Crippen molar-refractivity contribution in [3.63, 3.8) is 0 Å². The lowest BCUT2D eigenvalue weighted by Crippen LogP contribution is -2.09. The predicted molar refractivity (Wildman–Crippen MR) is 109 cm³/mol. The number of hydrogen-bond donors (Lipinski definition) is 0. The van der Waals surface area contributed by atoms with Gasteiger partial charge < -0.3 is 0 Å². The molecule has 4 rings (SSSR count). The van der Waals surface area contributed by atoms with Crippen LogP contribution in [0.5, 0.6) is 0 Å². The molecule has 2 aliphatic rings. The first-order valence-corrected chi connectivity index (χ1v) is 10.4. The zero-order chi connectivity index (χ0) is 16.9. The third-order valence-electron chi connectivity index (χ3n) is 5.19. The van der Waals surface area contributed by atoms with Crippen molar-refractivity contribution in [2.75, 3.05) is 0 Å². The molecule has 0 spiro atoms. The summed E-state index contributed by atoms with van der Waals surface area (Å²) in [5.41, 5.74) is 2.41. The molecule has 0 aromatic carbocycles. The van der Waals surface area contributed by atoms with Crippen LogP contribution in [0.25, 0.3) is 15.8 Å². The predicted octanol–water partition coefficient (Wildman–Crippen LogP) is 6.84. The van der Waals surface area contributed by atoms with Crippen LogP contribution in [0.3, 0.4) is 0 Å². The van der Waals surface area contributed by atoms with Gasteiger partial charge in [-0.3, -0.25) is 4.68 Å². The first-order valence-electron chi connectivity index (χ1n) is 9.61. The molecule has 2 heterocycles.